The van der Waals surface area contributed by atoms with Crippen molar-refractivity contribution in [3.05, 3.63) is 35.9 Å². The van der Waals surface area contributed by atoms with Crippen molar-refractivity contribution in [3.63, 3.8) is 0 Å². The lowest BCUT2D eigenvalue weighted by molar-refractivity contribution is -0.142. The van der Waals surface area contributed by atoms with Crippen LogP contribution >= 0.6 is 0 Å². The Balaban J connectivity index is 1.79. The molecule has 0 radical (unpaired) electrons. The number of hydrogen-bond donors (Lipinski definition) is 1. The van der Waals surface area contributed by atoms with Crippen molar-refractivity contribution < 1.29 is 14.3 Å². The lowest BCUT2D eigenvalue weighted by Gasteiger charge is -2.34. The van der Waals surface area contributed by atoms with Gasteiger partial charge >= 0.3 is 0 Å². The van der Waals surface area contributed by atoms with Crippen molar-refractivity contribution in [2.75, 3.05) is 0 Å². The van der Waals surface area contributed by atoms with E-state index in [2.05, 4.69) is 12.2 Å². The molecule has 3 rings (SSSR count). The summed E-state index contributed by atoms with van der Waals surface area (Å²) >= 11 is 0. The Bertz CT molecular complexity index is 528. The summed E-state index contributed by atoms with van der Waals surface area (Å²) in [7, 11) is 0. The van der Waals surface area contributed by atoms with Crippen LogP contribution in [-0.4, -0.2) is 24.0 Å². The van der Waals surface area contributed by atoms with E-state index < -0.39 is 0 Å². The van der Waals surface area contributed by atoms with Gasteiger partial charge in [-0.05, 0) is 31.7 Å². The fraction of sp³-hybridized carbons (Fsp3) is 0.529. The molecule has 2 amide bonds. The predicted molar refractivity (Wildman–Crippen MR) is 78.5 cm³/mol. The van der Waals surface area contributed by atoms with E-state index in [0.29, 0.717) is 12.8 Å². The maximum atomic E-state index is 12.3. The Kier molecular flexibility index (Phi) is 4.06. The number of imide groups is 1. The zero-order valence-corrected chi connectivity index (χ0v) is 12.2. The van der Waals surface area contributed by atoms with Crippen LogP contribution in [0.25, 0.3) is 0 Å². The minimum atomic E-state index is -0.180. The predicted octanol–water partition coefficient (Wildman–Crippen LogP) is 2.08. The highest BCUT2D eigenvalue weighted by atomic mass is 16.5. The van der Waals surface area contributed by atoms with Gasteiger partial charge in [0.15, 0.2) is 0 Å². The number of nitrogens with one attached hydrogen (secondary N) is 1. The summed E-state index contributed by atoms with van der Waals surface area (Å²) < 4.78 is 5.93. The van der Waals surface area contributed by atoms with E-state index in [4.69, 9.17) is 4.74 Å². The number of hydrogen-bond acceptors (Lipinski definition) is 3. The van der Waals surface area contributed by atoms with Crippen LogP contribution in [0, 0.1) is 11.8 Å². The maximum Gasteiger partial charge on any atom is 0.230 e. The number of amides is 2. The van der Waals surface area contributed by atoms with E-state index in [0.717, 1.165) is 18.4 Å². The van der Waals surface area contributed by atoms with Crippen molar-refractivity contribution >= 4 is 11.8 Å². The molecule has 2 saturated heterocycles. The molecule has 4 atom stereocenters. The van der Waals surface area contributed by atoms with Crippen LogP contribution in [0.1, 0.15) is 31.7 Å². The van der Waals surface area contributed by atoms with E-state index in [1.165, 1.54) is 0 Å². The van der Waals surface area contributed by atoms with Crippen LogP contribution in [0.3, 0.4) is 0 Å². The molecule has 0 aliphatic carbocycles. The SMILES string of the molecule is CC1CCC(C2CC(=O)NC(=O)C2Cc2ccccc2)O1. The molecule has 1 N–H and O–H groups in total. The van der Waals surface area contributed by atoms with Gasteiger partial charge in [-0.3, -0.25) is 14.9 Å². The van der Waals surface area contributed by atoms with Gasteiger partial charge in [0.25, 0.3) is 0 Å². The fourth-order valence-corrected chi connectivity index (χ4v) is 3.48. The van der Waals surface area contributed by atoms with Gasteiger partial charge in [-0.25, -0.2) is 0 Å². The lowest BCUT2D eigenvalue weighted by atomic mass is 9.77. The molecule has 4 nitrogen and oxygen atoms in total. The van der Waals surface area contributed by atoms with Crippen LogP contribution < -0.4 is 5.32 Å². The molecule has 2 aliphatic heterocycles. The van der Waals surface area contributed by atoms with Crippen LogP contribution in [0.4, 0.5) is 0 Å². The van der Waals surface area contributed by atoms with Gasteiger partial charge in [-0.2, -0.15) is 0 Å². The third-order valence-electron chi connectivity index (χ3n) is 4.58. The van der Waals surface area contributed by atoms with E-state index in [1.54, 1.807) is 0 Å². The van der Waals surface area contributed by atoms with Gasteiger partial charge in [0, 0.05) is 18.3 Å². The average Bonchev–Trinajstić information content (AvgIpc) is 2.89. The molecule has 1 aromatic rings. The second-order valence-corrected chi connectivity index (χ2v) is 6.14. The molecule has 0 saturated carbocycles. The Morgan fingerprint density at radius 3 is 2.62 bits per heavy atom. The summed E-state index contributed by atoms with van der Waals surface area (Å²) in [5.74, 6) is -0.502. The minimum Gasteiger partial charge on any atom is -0.375 e. The molecule has 112 valence electrons. The Hall–Kier alpha value is -1.68. The summed E-state index contributed by atoms with van der Waals surface area (Å²) in [4.78, 5) is 24.0. The molecular formula is C17H21NO3. The van der Waals surface area contributed by atoms with Gasteiger partial charge in [-0.15, -0.1) is 0 Å². The maximum absolute atomic E-state index is 12.3. The van der Waals surface area contributed by atoms with E-state index in [9.17, 15) is 9.59 Å². The second kappa shape index (κ2) is 5.98. The molecule has 1 aromatic carbocycles. The van der Waals surface area contributed by atoms with E-state index >= 15 is 0 Å². The van der Waals surface area contributed by atoms with Gasteiger partial charge in [-0.1, -0.05) is 30.3 Å². The van der Waals surface area contributed by atoms with Crippen LogP contribution in [0.5, 0.6) is 0 Å². The first-order valence-electron chi connectivity index (χ1n) is 7.66. The molecule has 21 heavy (non-hydrogen) atoms. The number of benzene rings is 1. The van der Waals surface area contributed by atoms with Gasteiger partial charge in [0.2, 0.25) is 11.8 Å². The molecule has 4 heteroatoms. The summed E-state index contributed by atoms with van der Waals surface area (Å²) in [5.41, 5.74) is 1.13. The molecule has 0 bridgehead atoms. The van der Waals surface area contributed by atoms with Crippen LogP contribution in [-0.2, 0) is 20.7 Å². The van der Waals surface area contributed by atoms with E-state index in [-0.39, 0.29) is 35.9 Å². The third kappa shape index (κ3) is 3.16. The van der Waals surface area contributed by atoms with Crippen molar-refractivity contribution in [2.24, 2.45) is 11.8 Å². The zero-order valence-electron chi connectivity index (χ0n) is 12.2. The largest absolute Gasteiger partial charge is 0.375 e. The average molecular weight is 287 g/mol. The first-order valence-corrected chi connectivity index (χ1v) is 7.66. The van der Waals surface area contributed by atoms with E-state index in [1.807, 2.05) is 30.3 Å². The Morgan fingerprint density at radius 1 is 1.19 bits per heavy atom. The van der Waals surface area contributed by atoms with Crippen molar-refractivity contribution in [1.29, 1.82) is 0 Å². The monoisotopic (exact) mass is 287 g/mol. The molecule has 4 unspecified atom stereocenters. The number of carbonyl (C=O) groups is 2. The number of piperidine rings is 1. The smallest absolute Gasteiger partial charge is 0.230 e. The van der Waals surface area contributed by atoms with Crippen molar-refractivity contribution in [1.82, 2.24) is 5.32 Å². The molecule has 0 spiro atoms. The molecule has 2 aliphatic rings. The summed E-state index contributed by atoms with van der Waals surface area (Å²) in [6, 6.07) is 9.97. The fourth-order valence-electron chi connectivity index (χ4n) is 3.48. The molecule has 2 heterocycles. The van der Waals surface area contributed by atoms with Crippen LogP contribution in [0.15, 0.2) is 30.3 Å². The van der Waals surface area contributed by atoms with Crippen molar-refractivity contribution in [3.8, 4) is 0 Å². The highest BCUT2D eigenvalue weighted by molar-refractivity contribution is 5.99. The summed E-state index contributed by atoms with van der Waals surface area (Å²) in [5, 5.41) is 2.48. The molecule has 2 fully saturated rings. The summed E-state index contributed by atoms with van der Waals surface area (Å²) in [6.45, 7) is 2.05. The Labute approximate surface area is 124 Å². The summed E-state index contributed by atoms with van der Waals surface area (Å²) in [6.07, 6.45) is 3.27. The number of rotatable bonds is 3. The van der Waals surface area contributed by atoms with Gasteiger partial charge < -0.3 is 4.74 Å². The normalized spacial score (nSPS) is 33.0. The minimum absolute atomic E-state index is 0.00333. The zero-order chi connectivity index (χ0) is 14.8. The first-order chi connectivity index (χ1) is 10.1. The van der Waals surface area contributed by atoms with Gasteiger partial charge in [0.1, 0.15) is 0 Å². The quantitative estimate of drug-likeness (QED) is 0.866. The number of ether oxygens (including phenoxy) is 1. The van der Waals surface area contributed by atoms with Crippen molar-refractivity contribution in [2.45, 2.75) is 44.8 Å². The van der Waals surface area contributed by atoms with Crippen LogP contribution in [0.2, 0.25) is 0 Å². The Morgan fingerprint density at radius 2 is 1.95 bits per heavy atom. The molecule has 0 aromatic heterocycles. The van der Waals surface area contributed by atoms with Gasteiger partial charge in [0.05, 0.1) is 12.2 Å². The highest BCUT2D eigenvalue weighted by Gasteiger charge is 2.42. The molecular weight excluding hydrogens is 266 g/mol. The first kappa shape index (κ1) is 14.3. The second-order valence-electron chi connectivity index (χ2n) is 6.14. The highest BCUT2D eigenvalue weighted by Crippen LogP contribution is 2.35. The lowest BCUT2D eigenvalue weighted by Crippen LogP contribution is -2.50. The topological polar surface area (TPSA) is 55.4 Å². The standard InChI is InChI=1S/C17H21NO3/c1-11-7-8-15(21-11)13-10-16(19)18-17(20)14(13)9-12-5-3-2-4-6-12/h2-6,11,13-15H,7-10H2,1H3,(H,18,19,20). The number of carbonyl (C=O) groups excluding carboxylic acids is 2. The third-order valence-corrected chi connectivity index (χ3v) is 4.58.